The van der Waals surface area contributed by atoms with Gasteiger partial charge in [-0.05, 0) is 48.6 Å². The normalized spacial score (nSPS) is 14.3. The second-order valence-electron chi connectivity index (χ2n) is 6.30. The molecule has 0 unspecified atom stereocenters. The number of primary amides is 1. The van der Waals surface area contributed by atoms with Crippen LogP contribution in [0.2, 0.25) is 0 Å². The topological polar surface area (TPSA) is 90.7 Å². The summed E-state index contributed by atoms with van der Waals surface area (Å²) in [6, 6.07) is 14.3. The number of nitrogens with two attached hydrogens (primary N) is 1. The number of carbonyl (C=O) groups is 2. The van der Waals surface area contributed by atoms with Crippen LogP contribution in [0.15, 0.2) is 48.5 Å². The van der Waals surface area contributed by atoms with Gasteiger partial charge in [0, 0.05) is 0 Å². The number of ether oxygens (including phenoxy) is 2. The molecule has 3 N–H and O–H groups in total. The molecule has 2 amide bonds. The summed E-state index contributed by atoms with van der Waals surface area (Å²) in [4.78, 5) is 23.8. The smallest absolute Gasteiger partial charge is 0.258 e. The molecule has 1 aliphatic carbocycles. The van der Waals surface area contributed by atoms with Gasteiger partial charge in [-0.1, -0.05) is 24.3 Å². The van der Waals surface area contributed by atoms with Crippen molar-refractivity contribution in [2.45, 2.75) is 18.9 Å². The fraction of sp³-hybridized carbons (Fsp3) is 0.300. The third-order valence-corrected chi connectivity index (χ3v) is 4.40. The predicted molar refractivity (Wildman–Crippen MR) is 97.1 cm³/mol. The predicted octanol–water partition coefficient (Wildman–Crippen LogP) is 2.44. The zero-order valence-electron chi connectivity index (χ0n) is 14.6. The summed E-state index contributed by atoms with van der Waals surface area (Å²) in [6.07, 6.45) is 2.17. The summed E-state index contributed by atoms with van der Waals surface area (Å²) < 4.78 is 10.7. The number of carbonyl (C=O) groups excluding carboxylic acids is 2. The Morgan fingerprint density at radius 2 is 1.85 bits per heavy atom. The molecule has 0 heterocycles. The molecule has 0 bridgehead atoms. The summed E-state index contributed by atoms with van der Waals surface area (Å²) in [6.45, 7) is -0.177. The van der Waals surface area contributed by atoms with Crippen LogP contribution in [0.4, 0.5) is 0 Å². The van der Waals surface area contributed by atoms with E-state index in [0.29, 0.717) is 11.7 Å². The van der Waals surface area contributed by atoms with E-state index >= 15 is 0 Å². The molecule has 1 saturated carbocycles. The summed E-state index contributed by atoms with van der Waals surface area (Å²) in [5, 5.41) is 3.03. The van der Waals surface area contributed by atoms with Crippen molar-refractivity contribution in [2.24, 2.45) is 11.7 Å². The Morgan fingerprint density at radius 3 is 2.46 bits per heavy atom. The molecular weight excluding hydrogens is 332 g/mol. The lowest BCUT2D eigenvalue weighted by molar-refractivity contribution is -0.124. The van der Waals surface area contributed by atoms with Crippen LogP contribution in [0, 0.1) is 5.92 Å². The van der Waals surface area contributed by atoms with E-state index in [1.54, 1.807) is 31.4 Å². The zero-order chi connectivity index (χ0) is 18.5. The third-order valence-electron chi connectivity index (χ3n) is 4.40. The number of hydrogen-bond donors (Lipinski definition) is 2. The number of para-hydroxylation sites is 1. The van der Waals surface area contributed by atoms with Crippen molar-refractivity contribution in [2.75, 3.05) is 13.7 Å². The maximum atomic E-state index is 12.4. The summed E-state index contributed by atoms with van der Waals surface area (Å²) in [7, 11) is 1.62. The summed E-state index contributed by atoms with van der Waals surface area (Å²) in [5.41, 5.74) is 6.62. The first-order valence-electron chi connectivity index (χ1n) is 8.53. The lowest BCUT2D eigenvalue weighted by Gasteiger charge is -2.19. The SMILES string of the molecule is COc1ccc([C@@H](NC(=O)COc2ccccc2C(N)=O)C2CC2)cc1. The highest BCUT2D eigenvalue weighted by Gasteiger charge is 2.33. The summed E-state index contributed by atoms with van der Waals surface area (Å²) >= 11 is 0. The van der Waals surface area contributed by atoms with Gasteiger partial charge in [0.1, 0.15) is 11.5 Å². The number of hydrogen-bond acceptors (Lipinski definition) is 4. The number of amides is 2. The third kappa shape index (κ3) is 4.33. The molecule has 0 aromatic heterocycles. The molecule has 26 heavy (non-hydrogen) atoms. The summed E-state index contributed by atoms with van der Waals surface area (Å²) in [5.74, 6) is 0.695. The van der Waals surface area contributed by atoms with Crippen LogP contribution in [0.25, 0.3) is 0 Å². The van der Waals surface area contributed by atoms with Crippen molar-refractivity contribution in [3.05, 3.63) is 59.7 Å². The first-order valence-corrected chi connectivity index (χ1v) is 8.53. The van der Waals surface area contributed by atoms with E-state index in [4.69, 9.17) is 15.2 Å². The van der Waals surface area contributed by atoms with E-state index in [2.05, 4.69) is 5.32 Å². The van der Waals surface area contributed by atoms with Gasteiger partial charge in [0.15, 0.2) is 6.61 Å². The van der Waals surface area contributed by atoms with Crippen LogP contribution in [-0.2, 0) is 4.79 Å². The van der Waals surface area contributed by atoms with Gasteiger partial charge >= 0.3 is 0 Å². The van der Waals surface area contributed by atoms with Gasteiger partial charge in [0.2, 0.25) is 0 Å². The average Bonchev–Trinajstić information content (AvgIpc) is 3.50. The Hall–Kier alpha value is -3.02. The van der Waals surface area contributed by atoms with Crippen molar-refractivity contribution in [1.29, 1.82) is 0 Å². The highest BCUT2D eigenvalue weighted by atomic mass is 16.5. The van der Waals surface area contributed by atoms with Gasteiger partial charge in [-0.25, -0.2) is 0 Å². The Labute approximate surface area is 152 Å². The standard InChI is InChI=1S/C20H22N2O4/c1-25-15-10-8-14(9-11-15)19(13-6-7-13)22-18(23)12-26-17-5-3-2-4-16(17)20(21)24/h2-5,8-11,13,19H,6-7,12H2,1H3,(H2,21,24)(H,22,23)/t19-/m0/s1. The molecule has 0 radical (unpaired) electrons. The van der Waals surface area contributed by atoms with Gasteiger partial charge in [0.25, 0.3) is 11.8 Å². The molecule has 1 atom stereocenters. The minimum Gasteiger partial charge on any atom is -0.497 e. The fourth-order valence-corrected chi connectivity index (χ4v) is 2.87. The van der Waals surface area contributed by atoms with Gasteiger partial charge in [-0.15, -0.1) is 0 Å². The quantitative estimate of drug-likeness (QED) is 0.762. The van der Waals surface area contributed by atoms with Crippen molar-refractivity contribution < 1.29 is 19.1 Å². The monoisotopic (exact) mass is 354 g/mol. The average molecular weight is 354 g/mol. The van der Waals surface area contributed by atoms with E-state index in [9.17, 15) is 9.59 Å². The van der Waals surface area contributed by atoms with Crippen molar-refractivity contribution >= 4 is 11.8 Å². The molecule has 0 spiro atoms. The minimum atomic E-state index is -0.588. The molecular formula is C20H22N2O4. The Bertz CT molecular complexity index is 785. The number of methoxy groups -OCH3 is 1. The van der Waals surface area contributed by atoms with Gasteiger partial charge in [0.05, 0.1) is 18.7 Å². The molecule has 1 aliphatic rings. The molecule has 2 aromatic rings. The maximum absolute atomic E-state index is 12.4. The van der Waals surface area contributed by atoms with E-state index in [-0.39, 0.29) is 24.1 Å². The number of benzene rings is 2. The second-order valence-corrected chi connectivity index (χ2v) is 6.30. The Morgan fingerprint density at radius 1 is 1.15 bits per heavy atom. The number of nitrogens with one attached hydrogen (secondary N) is 1. The van der Waals surface area contributed by atoms with Crippen LogP contribution < -0.4 is 20.5 Å². The Balaban J connectivity index is 1.63. The van der Waals surface area contributed by atoms with Crippen LogP contribution >= 0.6 is 0 Å². The van der Waals surface area contributed by atoms with Crippen LogP contribution in [0.3, 0.4) is 0 Å². The first kappa shape index (κ1) is 17.8. The fourth-order valence-electron chi connectivity index (χ4n) is 2.87. The van der Waals surface area contributed by atoms with E-state index in [1.807, 2.05) is 24.3 Å². The molecule has 3 rings (SSSR count). The van der Waals surface area contributed by atoms with Crippen LogP contribution in [0.1, 0.15) is 34.8 Å². The van der Waals surface area contributed by atoms with Crippen molar-refractivity contribution in [1.82, 2.24) is 5.32 Å². The zero-order valence-corrected chi connectivity index (χ0v) is 14.6. The number of rotatable bonds is 8. The molecule has 0 aliphatic heterocycles. The lowest BCUT2D eigenvalue weighted by Crippen LogP contribution is -2.34. The second kappa shape index (κ2) is 7.91. The Kier molecular flexibility index (Phi) is 5.41. The van der Waals surface area contributed by atoms with Crippen LogP contribution in [0.5, 0.6) is 11.5 Å². The molecule has 1 fully saturated rings. The van der Waals surface area contributed by atoms with Crippen molar-refractivity contribution in [3.63, 3.8) is 0 Å². The minimum absolute atomic E-state index is 0.0524. The largest absolute Gasteiger partial charge is 0.497 e. The van der Waals surface area contributed by atoms with E-state index in [0.717, 1.165) is 24.2 Å². The highest BCUT2D eigenvalue weighted by Crippen LogP contribution is 2.41. The van der Waals surface area contributed by atoms with E-state index in [1.165, 1.54) is 0 Å². The van der Waals surface area contributed by atoms with Gasteiger partial charge in [-0.2, -0.15) is 0 Å². The highest BCUT2D eigenvalue weighted by molar-refractivity contribution is 5.95. The maximum Gasteiger partial charge on any atom is 0.258 e. The van der Waals surface area contributed by atoms with Crippen molar-refractivity contribution in [3.8, 4) is 11.5 Å². The van der Waals surface area contributed by atoms with Crippen LogP contribution in [-0.4, -0.2) is 25.5 Å². The molecule has 2 aromatic carbocycles. The lowest BCUT2D eigenvalue weighted by atomic mass is 10.0. The first-order chi connectivity index (χ1) is 12.6. The molecule has 136 valence electrons. The van der Waals surface area contributed by atoms with E-state index < -0.39 is 5.91 Å². The molecule has 6 heteroatoms. The molecule has 0 saturated heterocycles. The molecule has 6 nitrogen and oxygen atoms in total. The van der Waals surface area contributed by atoms with Gasteiger partial charge < -0.3 is 20.5 Å². The van der Waals surface area contributed by atoms with Gasteiger partial charge in [-0.3, -0.25) is 9.59 Å².